The van der Waals surface area contributed by atoms with Crippen LogP contribution < -0.4 is 5.32 Å². The summed E-state index contributed by atoms with van der Waals surface area (Å²) in [4.78, 5) is 22.2. The molecule has 2 aromatic rings. The summed E-state index contributed by atoms with van der Waals surface area (Å²) in [5.41, 5.74) is -0.0737. The van der Waals surface area contributed by atoms with E-state index >= 15 is 0 Å². The van der Waals surface area contributed by atoms with Crippen LogP contribution in [0.5, 0.6) is 0 Å². The zero-order valence-electron chi connectivity index (χ0n) is 10.0. The molecule has 2 rings (SSSR count). The van der Waals surface area contributed by atoms with Gasteiger partial charge in [-0.25, -0.2) is 4.79 Å². The molecule has 2 aromatic heterocycles. The van der Waals surface area contributed by atoms with Crippen molar-refractivity contribution < 1.29 is 19.2 Å². The molecule has 1 amide bonds. The van der Waals surface area contributed by atoms with Crippen LogP contribution in [0.25, 0.3) is 0 Å². The Kier molecular flexibility index (Phi) is 3.55. The first-order valence-corrected chi connectivity index (χ1v) is 5.39. The lowest BCUT2D eigenvalue weighted by Crippen LogP contribution is -2.26. The van der Waals surface area contributed by atoms with Crippen molar-refractivity contribution in [2.45, 2.75) is 6.42 Å². The molecule has 0 aliphatic heterocycles. The number of nitrogens with one attached hydrogen (secondary N) is 1. The Bertz CT molecular complexity index is 603. The van der Waals surface area contributed by atoms with Crippen molar-refractivity contribution in [3.63, 3.8) is 0 Å². The van der Waals surface area contributed by atoms with E-state index in [2.05, 4.69) is 25.2 Å². The Labute approximate surface area is 107 Å². The highest BCUT2D eigenvalue weighted by molar-refractivity contribution is 5.94. The number of carbonyl (C=O) groups excluding carboxylic acids is 1. The van der Waals surface area contributed by atoms with Gasteiger partial charge in [-0.3, -0.25) is 4.79 Å². The molecule has 19 heavy (non-hydrogen) atoms. The summed E-state index contributed by atoms with van der Waals surface area (Å²) in [6.07, 6.45) is 2.07. The molecule has 0 unspecified atom stereocenters. The summed E-state index contributed by atoms with van der Waals surface area (Å²) >= 11 is 0. The molecule has 0 bridgehead atoms. The minimum atomic E-state index is -1.27. The summed E-state index contributed by atoms with van der Waals surface area (Å²) in [5.74, 6) is -1.42. The van der Waals surface area contributed by atoms with Crippen LogP contribution in [-0.4, -0.2) is 43.4 Å². The standard InChI is InChI=1S/C10H11N5O4/c1-15-5-12-13-8(15)2-3-11-9(16)6-4-7(10(17)18)19-14-6/h4-5H,2-3H2,1H3,(H,11,16)(H,17,18). The minimum Gasteiger partial charge on any atom is -0.475 e. The van der Waals surface area contributed by atoms with Gasteiger partial charge in [-0.1, -0.05) is 5.16 Å². The van der Waals surface area contributed by atoms with E-state index in [1.54, 1.807) is 17.9 Å². The molecule has 0 atom stereocenters. The van der Waals surface area contributed by atoms with E-state index in [0.29, 0.717) is 13.0 Å². The van der Waals surface area contributed by atoms with Gasteiger partial charge in [-0.15, -0.1) is 10.2 Å². The van der Waals surface area contributed by atoms with E-state index in [1.165, 1.54) is 0 Å². The molecule has 100 valence electrons. The molecule has 0 aromatic carbocycles. The van der Waals surface area contributed by atoms with Crippen LogP contribution in [0, 0.1) is 0 Å². The molecule has 0 saturated carbocycles. The molecular formula is C10H11N5O4. The second kappa shape index (κ2) is 5.29. The first kappa shape index (κ1) is 12.7. The molecule has 0 fully saturated rings. The van der Waals surface area contributed by atoms with E-state index in [9.17, 15) is 9.59 Å². The van der Waals surface area contributed by atoms with Crippen molar-refractivity contribution in [2.75, 3.05) is 6.54 Å². The molecule has 9 heteroatoms. The van der Waals surface area contributed by atoms with E-state index in [1.807, 2.05) is 0 Å². The number of aromatic nitrogens is 4. The van der Waals surface area contributed by atoms with E-state index in [0.717, 1.165) is 11.9 Å². The Balaban J connectivity index is 1.87. The number of carboxylic acids is 1. The monoisotopic (exact) mass is 265 g/mol. The van der Waals surface area contributed by atoms with Crippen molar-refractivity contribution in [1.29, 1.82) is 0 Å². The quantitative estimate of drug-likeness (QED) is 0.745. The molecule has 0 aliphatic carbocycles. The number of rotatable bonds is 5. The fourth-order valence-electron chi connectivity index (χ4n) is 1.39. The van der Waals surface area contributed by atoms with Crippen LogP contribution >= 0.6 is 0 Å². The normalized spacial score (nSPS) is 10.4. The van der Waals surface area contributed by atoms with Gasteiger partial charge in [-0.05, 0) is 0 Å². The molecule has 9 nitrogen and oxygen atoms in total. The van der Waals surface area contributed by atoms with Crippen molar-refractivity contribution in [3.05, 3.63) is 29.7 Å². The lowest BCUT2D eigenvalue weighted by Gasteiger charge is -2.02. The van der Waals surface area contributed by atoms with Gasteiger partial charge in [0.1, 0.15) is 12.2 Å². The number of carboxylic acid groups (broad SMARTS) is 1. The number of amides is 1. The highest BCUT2D eigenvalue weighted by Crippen LogP contribution is 2.03. The Morgan fingerprint density at radius 2 is 2.32 bits per heavy atom. The van der Waals surface area contributed by atoms with Crippen molar-refractivity contribution in [3.8, 4) is 0 Å². The predicted molar refractivity (Wildman–Crippen MR) is 60.5 cm³/mol. The smallest absolute Gasteiger partial charge is 0.374 e. The molecule has 0 radical (unpaired) electrons. The SMILES string of the molecule is Cn1cnnc1CCNC(=O)c1cc(C(=O)O)on1. The average Bonchev–Trinajstić information content (AvgIpc) is 2.98. The van der Waals surface area contributed by atoms with Gasteiger partial charge in [0.05, 0.1) is 0 Å². The summed E-state index contributed by atoms with van der Waals surface area (Å²) < 4.78 is 6.22. The first-order chi connectivity index (χ1) is 9.08. The number of hydrogen-bond donors (Lipinski definition) is 2. The van der Waals surface area contributed by atoms with Gasteiger partial charge in [-0.2, -0.15) is 0 Å². The number of nitrogens with zero attached hydrogens (tertiary/aromatic N) is 4. The van der Waals surface area contributed by atoms with Gasteiger partial charge >= 0.3 is 5.97 Å². The third kappa shape index (κ3) is 2.94. The van der Waals surface area contributed by atoms with Gasteiger partial charge in [0.2, 0.25) is 5.76 Å². The number of aromatic carboxylic acids is 1. The molecular weight excluding hydrogens is 254 g/mol. The molecule has 2 N–H and O–H groups in total. The van der Waals surface area contributed by atoms with Crippen molar-refractivity contribution in [2.24, 2.45) is 7.05 Å². The zero-order valence-corrected chi connectivity index (χ0v) is 10.0. The maximum atomic E-state index is 11.6. The van der Waals surface area contributed by atoms with Crippen LogP contribution in [0.3, 0.4) is 0 Å². The molecule has 0 saturated heterocycles. The second-order valence-corrected chi connectivity index (χ2v) is 3.75. The van der Waals surface area contributed by atoms with Gasteiger partial charge in [0.15, 0.2) is 5.69 Å². The summed E-state index contributed by atoms with van der Waals surface area (Å²) in [6, 6.07) is 1.07. The summed E-state index contributed by atoms with van der Waals surface area (Å²) in [5, 5.41) is 22.1. The third-order valence-corrected chi connectivity index (χ3v) is 2.39. The number of carbonyl (C=O) groups is 2. The van der Waals surface area contributed by atoms with Gasteiger partial charge in [0.25, 0.3) is 5.91 Å². The lowest BCUT2D eigenvalue weighted by molar-refractivity contribution is 0.0651. The van der Waals surface area contributed by atoms with Crippen LogP contribution in [0.2, 0.25) is 0 Å². The van der Waals surface area contributed by atoms with Gasteiger partial charge < -0.3 is 19.5 Å². The third-order valence-electron chi connectivity index (χ3n) is 2.39. The average molecular weight is 265 g/mol. The van der Waals surface area contributed by atoms with E-state index < -0.39 is 11.9 Å². The first-order valence-electron chi connectivity index (χ1n) is 5.39. The van der Waals surface area contributed by atoms with Crippen LogP contribution in [0.4, 0.5) is 0 Å². The minimum absolute atomic E-state index is 0.0737. The Morgan fingerprint density at radius 1 is 1.53 bits per heavy atom. The van der Waals surface area contributed by atoms with Crippen LogP contribution in [0.1, 0.15) is 26.9 Å². The maximum absolute atomic E-state index is 11.6. The predicted octanol–water partition coefficient (Wildman–Crippen LogP) is -0.526. The fourth-order valence-corrected chi connectivity index (χ4v) is 1.39. The lowest BCUT2D eigenvalue weighted by atomic mass is 10.3. The largest absolute Gasteiger partial charge is 0.475 e. The van der Waals surface area contributed by atoms with Crippen molar-refractivity contribution in [1.82, 2.24) is 25.2 Å². The zero-order chi connectivity index (χ0) is 13.8. The number of hydrogen-bond acceptors (Lipinski definition) is 6. The van der Waals surface area contributed by atoms with Crippen LogP contribution in [0.15, 0.2) is 16.9 Å². The van der Waals surface area contributed by atoms with Crippen LogP contribution in [-0.2, 0) is 13.5 Å². The topological polar surface area (TPSA) is 123 Å². The van der Waals surface area contributed by atoms with E-state index in [-0.39, 0.29) is 11.5 Å². The van der Waals surface area contributed by atoms with Gasteiger partial charge in [0, 0.05) is 26.1 Å². The number of aryl methyl sites for hydroxylation is 1. The maximum Gasteiger partial charge on any atom is 0.374 e. The highest BCUT2D eigenvalue weighted by atomic mass is 16.5. The molecule has 2 heterocycles. The highest BCUT2D eigenvalue weighted by Gasteiger charge is 2.16. The summed E-state index contributed by atoms with van der Waals surface area (Å²) in [6.45, 7) is 0.334. The molecule has 0 spiro atoms. The summed E-state index contributed by atoms with van der Waals surface area (Å²) in [7, 11) is 1.80. The Hall–Kier alpha value is -2.71. The fraction of sp³-hybridized carbons (Fsp3) is 0.300. The Morgan fingerprint density at radius 3 is 2.89 bits per heavy atom. The second-order valence-electron chi connectivity index (χ2n) is 3.75. The van der Waals surface area contributed by atoms with Crippen molar-refractivity contribution >= 4 is 11.9 Å². The van der Waals surface area contributed by atoms with E-state index in [4.69, 9.17) is 5.11 Å². The molecule has 0 aliphatic rings.